The van der Waals surface area contributed by atoms with Crippen LogP contribution in [-0.4, -0.2) is 25.7 Å². The second kappa shape index (κ2) is 7.66. The van der Waals surface area contributed by atoms with Crippen molar-refractivity contribution < 1.29 is 9.53 Å². The van der Waals surface area contributed by atoms with Gasteiger partial charge in [0.15, 0.2) is 0 Å². The van der Waals surface area contributed by atoms with Crippen molar-refractivity contribution in [2.24, 2.45) is 5.92 Å². The molecule has 1 rings (SSSR count). The molecular weight excluding hydrogens is 202 g/mol. The molecule has 0 spiro atoms. The maximum atomic E-state index is 11.6. The fourth-order valence-corrected chi connectivity index (χ4v) is 2.36. The number of methoxy groups -OCH3 is 1. The second-order valence-electron chi connectivity index (χ2n) is 4.75. The molecule has 0 saturated heterocycles. The standard InChI is InChI=1S/C13H25NO2/c1-3-4-7-11(13(15)16-2)10-14-12-8-5-6-9-12/h11-12,14H,3-10H2,1-2H3. The van der Waals surface area contributed by atoms with Gasteiger partial charge in [-0.15, -0.1) is 0 Å². The minimum Gasteiger partial charge on any atom is -0.469 e. The van der Waals surface area contributed by atoms with Gasteiger partial charge < -0.3 is 10.1 Å². The molecule has 3 nitrogen and oxygen atoms in total. The van der Waals surface area contributed by atoms with E-state index in [0.717, 1.165) is 25.8 Å². The van der Waals surface area contributed by atoms with Crippen LogP contribution in [0.15, 0.2) is 0 Å². The zero-order valence-electron chi connectivity index (χ0n) is 10.6. The molecule has 0 aromatic carbocycles. The topological polar surface area (TPSA) is 38.3 Å². The molecule has 0 aliphatic heterocycles. The molecular formula is C13H25NO2. The van der Waals surface area contributed by atoms with Gasteiger partial charge in [0.25, 0.3) is 0 Å². The molecule has 3 heteroatoms. The maximum Gasteiger partial charge on any atom is 0.309 e. The summed E-state index contributed by atoms with van der Waals surface area (Å²) in [7, 11) is 1.48. The lowest BCUT2D eigenvalue weighted by molar-refractivity contribution is -0.145. The number of esters is 1. The molecule has 1 atom stereocenters. The fraction of sp³-hybridized carbons (Fsp3) is 0.923. The Morgan fingerprint density at radius 3 is 2.69 bits per heavy atom. The van der Waals surface area contributed by atoms with Gasteiger partial charge in [0.1, 0.15) is 0 Å². The highest BCUT2D eigenvalue weighted by atomic mass is 16.5. The molecule has 0 aromatic heterocycles. The first kappa shape index (κ1) is 13.5. The van der Waals surface area contributed by atoms with Gasteiger partial charge in [-0.2, -0.15) is 0 Å². The third kappa shape index (κ3) is 4.52. The van der Waals surface area contributed by atoms with Gasteiger partial charge in [-0.1, -0.05) is 32.6 Å². The molecule has 1 aliphatic carbocycles. The summed E-state index contributed by atoms with van der Waals surface area (Å²) in [6.07, 6.45) is 8.38. The largest absolute Gasteiger partial charge is 0.469 e. The van der Waals surface area contributed by atoms with Crippen molar-refractivity contribution in [2.45, 2.75) is 57.9 Å². The zero-order chi connectivity index (χ0) is 11.8. The van der Waals surface area contributed by atoms with Gasteiger partial charge in [-0.05, 0) is 19.3 Å². The van der Waals surface area contributed by atoms with Crippen LogP contribution in [0.2, 0.25) is 0 Å². The summed E-state index contributed by atoms with van der Waals surface area (Å²) in [6.45, 7) is 2.94. The van der Waals surface area contributed by atoms with Gasteiger partial charge in [0.05, 0.1) is 13.0 Å². The van der Waals surface area contributed by atoms with Crippen molar-refractivity contribution in [3.63, 3.8) is 0 Å². The molecule has 0 radical (unpaired) electrons. The van der Waals surface area contributed by atoms with Crippen LogP contribution in [0.3, 0.4) is 0 Å². The summed E-state index contributed by atoms with van der Waals surface area (Å²) in [5.74, 6) is -0.00973. The quantitative estimate of drug-likeness (QED) is 0.679. The van der Waals surface area contributed by atoms with Gasteiger partial charge in [-0.3, -0.25) is 4.79 Å². The molecule has 1 N–H and O–H groups in total. The summed E-state index contributed by atoms with van der Waals surface area (Å²) >= 11 is 0. The van der Waals surface area contributed by atoms with Crippen LogP contribution in [0.1, 0.15) is 51.9 Å². The van der Waals surface area contributed by atoms with Gasteiger partial charge >= 0.3 is 5.97 Å². The second-order valence-corrected chi connectivity index (χ2v) is 4.75. The number of carbonyl (C=O) groups is 1. The first-order valence-corrected chi connectivity index (χ1v) is 6.59. The summed E-state index contributed by atoms with van der Waals surface area (Å²) < 4.78 is 4.85. The van der Waals surface area contributed by atoms with E-state index in [1.54, 1.807) is 0 Å². The summed E-state index contributed by atoms with van der Waals surface area (Å²) in [5.41, 5.74) is 0. The number of carbonyl (C=O) groups excluding carboxylic acids is 1. The van der Waals surface area contributed by atoms with E-state index in [0.29, 0.717) is 6.04 Å². The smallest absolute Gasteiger partial charge is 0.309 e. The van der Waals surface area contributed by atoms with Crippen LogP contribution in [-0.2, 0) is 9.53 Å². The van der Waals surface area contributed by atoms with Crippen molar-refractivity contribution in [2.75, 3.05) is 13.7 Å². The molecule has 0 bridgehead atoms. The molecule has 16 heavy (non-hydrogen) atoms. The highest BCUT2D eigenvalue weighted by Crippen LogP contribution is 2.18. The van der Waals surface area contributed by atoms with Gasteiger partial charge in [0, 0.05) is 12.6 Å². The first-order valence-electron chi connectivity index (χ1n) is 6.59. The number of hydrogen-bond acceptors (Lipinski definition) is 3. The molecule has 1 saturated carbocycles. The highest BCUT2D eigenvalue weighted by molar-refractivity contribution is 5.72. The van der Waals surface area contributed by atoms with E-state index in [4.69, 9.17) is 4.74 Å². The molecule has 1 aliphatic rings. The number of rotatable bonds is 7. The predicted octanol–water partition coefficient (Wildman–Crippen LogP) is 2.50. The molecule has 0 aromatic rings. The summed E-state index contributed by atoms with van der Waals surface area (Å²) in [5, 5.41) is 3.50. The Labute approximate surface area is 98.9 Å². The fourth-order valence-electron chi connectivity index (χ4n) is 2.36. The normalized spacial score (nSPS) is 18.6. The van der Waals surface area contributed by atoms with Crippen LogP contribution >= 0.6 is 0 Å². The minimum atomic E-state index is -0.0565. The lowest BCUT2D eigenvalue weighted by Crippen LogP contribution is -2.35. The summed E-state index contributed by atoms with van der Waals surface area (Å²) in [4.78, 5) is 11.6. The zero-order valence-corrected chi connectivity index (χ0v) is 10.6. The van der Waals surface area contributed by atoms with E-state index in [-0.39, 0.29) is 11.9 Å². The number of ether oxygens (including phenoxy) is 1. The van der Waals surface area contributed by atoms with Gasteiger partial charge in [-0.25, -0.2) is 0 Å². The van der Waals surface area contributed by atoms with E-state index in [1.165, 1.54) is 32.8 Å². The van der Waals surface area contributed by atoms with E-state index in [9.17, 15) is 4.79 Å². The first-order chi connectivity index (χ1) is 7.77. The van der Waals surface area contributed by atoms with E-state index >= 15 is 0 Å². The van der Waals surface area contributed by atoms with Crippen LogP contribution < -0.4 is 5.32 Å². The van der Waals surface area contributed by atoms with Crippen molar-refractivity contribution in [3.8, 4) is 0 Å². The number of hydrogen-bond donors (Lipinski definition) is 1. The highest BCUT2D eigenvalue weighted by Gasteiger charge is 2.21. The predicted molar refractivity (Wildman–Crippen MR) is 65.3 cm³/mol. The Bertz CT molecular complexity index is 200. The van der Waals surface area contributed by atoms with Crippen molar-refractivity contribution in [1.29, 1.82) is 0 Å². The van der Waals surface area contributed by atoms with Crippen molar-refractivity contribution in [1.82, 2.24) is 5.32 Å². The molecule has 1 unspecified atom stereocenters. The number of nitrogens with one attached hydrogen (secondary N) is 1. The number of unbranched alkanes of at least 4 members (excludes halogenated alkanes) is 1. The molecule has 1 fully saturated rings. The van der Waals surface area contributed by atoms with Gasteiger partial charge in [0.2, 0.25) is 0 Å². The maximum absolute atomic E-state index is 11.6. The molecule has 94 valence electrons. The monoisotopic (exact) mass is 227 g/mol. The van der Waals surface area contributed by atoms with Crippen molar-refractivity contribution >= 4 is 5.97 Å². The van der Waals surface area contributed by atoms with Crippen LogP contribution in [0.5, 0.6) is 0 Å². The lowest BCUT2D eigenvalue weighted by Gasteiger charge is -2.18. The van der Waals surface area contributed by atoms with Crippen LogP contribution in [0.4, 0.5) is 0 Å². The SMILES string of the molecule is CCCCC(CNC1CCCC1)C(=O)OC. The third-order valence-electron chi connectivity index (χ3n) is 3.45. The van der Waals surface area contributed by atoms with E-state index in [2.05, 4.69) is 12.2 Å². The van der Waals surface area contributed by atoms with E-state index < -0.39 is 0 Å². The average Bonchev–Trinajstić information content (AvgIpc) is 2.81. The average molecular weight is 227 g/mol. The van der Waals surface area contributed by atoms with Crippen molar-refractivity contribution in [3.05, 3.63) is 0 Å². The Kier molecular flexibility index (Phi) is 6.46. The summed E-state index contributed by atoms with van der Waals surface area (Å²) in [6, 6.07) is 0.633. The third-order valence-corrected chi connectivity index (χ3v) is 3.45. The molecule has 0 heterocycles. The minimum absolute atomic E-state index is 0.0468. The Hall–Kier alpha value is -0.570. The Balaban J connectivity index is 2.27. The molecule has 0 amide bonds. The Morgan fingerprint density at radius 1 is 1.44 bits per heavy atom. The lowest BCUT2D eigenvalue weighted by atomic mass is 10.0. The Morgan fingerprint density at radius 2 is 2.12 bits per heavy atom. The van der Waals surface area contributed by atoms with E-state index in [1.807, 2.05) is 0 Å². The van der Waals surface area contributed by atoms with Crippen LogP contribution in [0, 0.1) is 5.92 Å². The van der Waals surface area contributed by atoms with Crippen LogP contribution in [0.25, 0.3) is 0 Å².